The van der Waals surface area contributed by atoms with Gasteiger partial charge in [-0.3, -0.25) is 9.59 Å². The van der Waals surface area contributed by atoms with E-state index in [1.165, 1.54) is 6.42 Å². The third-order valence-electron chi connectivity index (χ3n) is 5.51. The summed E-state index contributed by atoms with van der Waals surface area (Å²) in [5, 5.41) is 3.59. The SMILES string of the molecule is Cl.O=C([C@H]1COCC(=O)N1Cc1ccccc1)N1CCC2CCC(C1)N2. The van der Waals surface area contributed by atoms with Crippen LogP contribution in [0, 0.1) is 0 Å². The number of amides is 2. The fourth-order valence-electron chi connectivity index (χ4n) is 4.14. The third-order valence-corrected chi connectivity index (χ3v) is 5.51. The van der Waals surface area contributed by atoms with Crippen molar-refractivity contribution in [2.75, 3.05) is 26.3 Å². The monoisotopic (exact) mass is 379 g/mol. The van der Waals surface area contributed by atoms with Gasteiger partial charge < -0.3 is 19.9 Å². The smallest absolute Gasteiger partial charge is 0.249 e. The molecule has 3 atom stereocenters. The van der Waals surface area contributed by atoms with Gasteiger partial charge in [0.1, 0.15) is 12.6 Å². The fraction of sp³-hybridized carbons (Fsp3) is 0.579. The Kier molecular flexibility index (Phi) is 6.16. The van der Waals surface area contributed by atoms with Crippen LogP contribution in [-0.4, -0.2) is 66.0 Å². The number of halogens is 1. The summed E-state index contributed by atoms with van der Waals surface area (Å²) in [6.45, 7) is 2.30. The first kappa shape index (κ1) is 19.1. The highest BCUT2D eigenvalue weighted by atomic mass is 35.5. The van der Waals surface area contributed by atoms with E-state index < -0.39 is 6.04 Å². The van der Waals surface area contributed by atoms with Gasteiger partial charge in [0.05, 0.1) is 6.61 Å². The average Bonchev–Trinajstić information content (AvgIpc) is 2.96. The molecule has 4 rings (SSSR count). The minimum Gasteiger partial charge on any atom is -0.369 e. The van der Waals surface area contributed by atoms with Crippen molar-refractivity contribution >= 4 is 24.2 Å². The van der Waals surface area contributed by atoms with Crippen molar-refractivity contribution in [1.29, 1.82) is 0 Å². The largest absolute Gasteiger partial charge is 0.369 e. The number of carbonyl (C=O) groups is 2. The lowest BCUT2D eigenvalue weighted by Gasteiger charge is -2.38. The lowest BCUT2D eigenvalue weighted by atomic mass is 10.1. The van der Waals surface area contributed by atoms with Crippen molar-refractivity contribution in [2.24, 2.45) is 0 Å². The molecule has 142 valence electrons. The van der Waals surface area contributed by atoms with E-state index in [1.807, 2.05) is 35.2 Å². The zero-order valence-corrected chi connectivity index (χ0v) is 15.6. The first-order chi connectivity index (χ1) is 12.2. The maximum absolute atomic E-state index is 13.2. The maximum Gasteiger partial charge on any atom is 0.249 e. The molecule has 0 aliphatic carbocycles. The first-order valence-electron chi connectivity index (χ1n) is 9.16. The van der Waals surface area contributed by atoms with E-state index in [2.05, 4.69) is 5.32 Å². The predicted octanol–water partition coefficient (Wildman–Crippen LogP) is 1.19. The molecule has 6 nitrogen and oxygen atoms in total. The summed E-state index contributed by atoms with van der Waals surface area (Å²) in [6, 6.07) is 10.2. The second-order valence-electron chi connectivity index (χ2n) is 7.25. The van der Waals surface area contributed by atoms with Crippen LogP contribution in [0.2, 0.25) is 0 Å². The molecule has 0 saturated carbocycles. The van der Waals surface area contributed by atoms with Crippen LogP contribution in [0.3, 0.4) is 0 Å². The lowest BCUT2D eigenvalue weighted by molar-refractivity contribution is -0.160. The summed E-state index contributed by atoms with van der Waals surface area (Å²) in [4.78, 5) is 29.2. The van der Waals surface area contributed by atoms with E-state index in [9.17, 15) is 9.59 Å². The van der Waals surface area contributed by atoms with E-state index >= 15 is 0 Å². The molecule has 7 heteroatoms. The number of carbonyl (C=O) groups excluding carboxylic acids is 2. The second kappa shape index (κ2) is 8.37. The van der Waals surface area contributed by atoms with Crippen molar-refractivity contribution in [3.63, 3.8) is 0 Å². The number of ether oxygens (including phenoxy) is 1. The summed E-state index contributed by atoms with van der Waals surface area (Å²) in [6.07, 6.45) is 3.32. The van der Waals surface area contributed by atoms with Gasteiger partial charge in [0.2, 0.25) is 11.8 Å². The van der Waals surface area contributed by atoms with Gasteiger partial charge in [-0.25, -0.2) is 0 Å². The Labute approximate surface area is 160 Å². The number of benzene rings is 1. The van der Waals surface area contributed by atoms with Crippen LogP contribution in [0.1, 0.15) is 24.8 Å². The molecule has 3 heterocycles. The van der Waals surface area contributed by atoms with Gasteiger partial charge >= 0.3 is 0 Å². The minimum atomic E-state index is -0.516. The molecule has 3 aliphatic heterocycles. The standard InChI is InChI=1S/C19H25N3O3.ClH/c23-18-13-25-12-17(22(18)10-14-4-2-1-3-5-14)19(24)21-9-8-15-6-7-16(11-21)20-15;/h1-5,15-17,20H,6-13H2;1H/t15?,16?,17-;/m1./s1. The highest BCUT2D eigenvalue weighted by Crippen LogP contribution is 2.22. The van der Waals surface area contributed by atoms with Crippen molar-refractivity contribution in [3.8, 4) is 0 Å². The normalized spacial score (nSPS) is 28.5. The van der Waals surface area contributed by atoms with Gasteiger partial charge in [0.15, 0.2) is 0 Å². The molecular formula is C19H26ClN3O3. The zero-order valence-electron chi connectivity index (χ0n) is 14.8. The topological polar surface area (TPSA) is 61.9 Å². The number of rotatable bonds is 3. The average molecular weight is 380 g/mol. The minimum absolute atomic E-state index is 0. The Morgan fingerprint density at radius 3 is 2.73 bits per heavy atom. The van der Waals surface area contributed by atoms with Crippen LogP contribution in [-0.2, 0) is 20.9 Å². The fourth-order valence-corrected chi connectivity index (χ4v) is 4.14. The molecule has 1 N–H and O–H groups in total. The van der Waals surface area contributed by atoms with E-state index in [0.717, 1.165) is 31.5 Å². The predicted molar refractivity (Wildman–Crippen MR) is 100.0 cm³/mol. The number of morpholine rings is 1. The number of nitrogens with zero attached hydrogens (tertiary/aromatic N) is 2. The molecular weight excluding hydrogens is 354 g/mol. The highest BCUT2D eigenvalue weighted by Gasteiger charge is 2.39. The molecule has 1 aromatic rings. The van der Waals surface area contributed by atoms with E-state index in [4.69, 9.17) is 4.74 Å². The van der Waals surface area contributed by atoms with Crippen LogP contribution < -0.4 is 5.32 Å². The maximum atomic E-state index is 13.2. The van der Waals surface area contributed by atoms with Crippen LogP contribution in [0.5, 0.6) is 0 Å². The number of nitrogens with one attached hydrogen (secondary N) is 1. The first-order valence-corrected chi connectivity index (χ1v) is 9.16. The van der Waals surface area contributed by atoms with E-state index in [-0.39, 0.29) is 37.4 Å². The van der Waals surface area contributed by atoms with Crippen molar-refractivity contribution in [1.82, 2.24) is 15.1 Å². The molecule has 2 bridgehead atoms. The second-order valence-corrected chi connectivity index (χ2v) is 7.25. The molecule has 26 heavy (non-hydrogen) atoms. The Morgan fingerprint density at radius 2 is 1.92 bits per heavy atom. The van der Waals surface area contributed by atoms with Crippen LogP contribution in [0.15, 0.2) is 30.3 Å². The number of hydrogen-bond acceptors (Lipinski definition) is 4. The molecule has 2 unspecified atom stereocenters. The van der Waals surface area contributed by atoms with E-state index in [1.54, 1.807) is 4.90 Å². The third kappa shape index (κ3) is 4.03. The lowest BCUT2D eigenvalue weighted by Crippen LogP contribution is -2.57. The van der Waals surface area contributed by atoms with Crippen molar-refractivity contribution < 1.29 is 14.3 Å². The van der Waals surface area contributed by atoms with Crippen molar-refractivity contribution in [2.45, 2.75) is 43.9 Å². The van der Waals surface area contributed by atoms with Gasteiger partial charge in [-0.05, 0) is 24.8 Å². The summed E-state index contributed by atoms with van der Waals surface area (Å²) >= 11 is 0. The van der Waals surface area contributed by atoms with Crippen molar-refractivity contribution in [3.05, 3.63) is 35.9 Å². The Balaban J connectivity index is 0.00000196. The number of hydrogen-bond donors (Lipinski definition) is 1. The molecule has 3 saturated heterocycles. The molecule has 3 aliphatic rings. The number of likely N-dealkylation sites (tertiary alicyclic amines) is 1. The Morgan fingerprint density at radius 1 is 1.15 bits per heavy atom. The zero-order chi connectivity index (χ0) is 17.2. The van der Waals surface area contributed by atoms with Gasteiger partial charge in [-0.2, -0.15) is 0 Å². The molecule has 0 aromatic heterocycles. The van der Waals surface area contributed by atoms with E-state index in [0.29, 0.717) is 18.6 Å². The Hall–Kier alpha value is -1.63. The molecule has 2 amide bonds. The molecule has 0 spiro atoms. The van der Waals surface area contributed by atoms with Crippen LogP contribution in [0.25, 0.3) is 0 Å². The number of fused-ring (bicyclic) bond motifs is 2. The summed E-state index contributed by atoms with van der Waals surface area (Å²) in [5.41, 5.74) is 1.03. The summed E-state index contributed by atoms with van der Waals surface area (Å²) in [5.74, 6) is -0.0822. The van der Waals surface area contributed by atoms with Crippen LogP contribution in [0.4, 0.5) is 0 Å². The molecule has 3 fully saturated rings. The van der Waals surface area contributed by atoms with Gasteiger partial charge in [-0.1, -0.05) is 30.3 Å². The quantitative estimate of drug-likeness (QED) is 0.857. The summed E-state index contributed by atoms with van der Waals surface area (Å²) < 4.78 is 5.41. The molecule has 1 aromatic carbocycles. The van der Waals surface area contributed by atoms with Crippen LogP contribution >= 0.6 is 12.4 Å². The highest BCUT2D eigenvalue weighted by molar-refractivity contribution is 5.89. The summed E-state index contributed by atoms with van der Waals surface area (Å²) in [7, 11) is 0. The van der Waals surface area contributed by atoms with Gasteiger partial charge in [-0.15, -0.1) is 12.4 Å². The van der Waals surface area contributed by atoms with Gasteiger partial charge in [0, 0.05) is 31.7 Å². The van der Waals surface area contributed by atoms with Gasteiger partial charge in [0.25, 0.3) is 0 Å². The molecule has 0 radical (unpaired) electrons. The Bertz CT molecular complexity index is 642.